The fraction of sp³-hybridized carbons (Fsp3) is 0.538. The topological polar surface area (TPSA) is 21.3 Å². The molecule has 0 fully saturated rings. The summed E-state index contributed by atoms with van der Waals surface area (Å²) in [6.45, 7) is 5.09. The van der Waals surface area contributed by atoms with E-state index in [9.17, 15) is 0 Å². The Kier molecular flexibility index (Phi) is 6.03. The van der Waals surface area contributed by atoms with Crippen molar-refractivity contribution in [3.8, 4) is 0 Å². The average molecular weight is 286 g/mol. The molecule has 0 bridgehead atoms. The Morgan fingerprint density at radius 2 is 2.19 bits per heavy atom. The van der Waals surface area contributed by atoms with Crippen LogP contribution < -0.4 is 5.32 Å². The minimum atomic E-state index is 0.123. The van der Waals surface area contributed by atoms with Crippen molar-refractivity contribution in [3.05, 3.63) is 34.3 Å². The van der Waals surface area contributed by atoms with E-state index in [-0.39, 0.29) is 12.2 Å². The molecule has 0 amide bonds. The number of hydrogen-bond acceptors (Lipinski definition) is 2. The maximum Gasteiger partial charge on any atom is 0.0953 e. The van der Waals surface area contributed by atoms with Gasteiger partial charge in [-0.2, -0.15) is 0 Å². The minimum Gasteiger partial charge on any atom is -0.369 e. The zero-order chi connectivity index (χ0) is 12.0. The third kappa shape index (κ3) is 4.24. The number of nitrogens with one attached hydrogen (secondary N) is 1. The predicted octanol–water partition coefficient (Wildman–Crippen LogP) is 3.52. The smallest absolute Gasteiger partial charge is 0.0953 e. The standard InChI is InChI=1S/C13H20BrNO/c1-4-10(2)16-13(9-15-3)11-6-5-7-12(14)8-11/h5-8,10,13,15H,4,9H2,1-3H3. The third-order valence-electron chi connectivity index (χ3n) is 2.58. The lowest BCUT2D eigenvalue weighted by Gasteiger charge is -2.22. The summed E-state index contributed by atoms with van der Waals surface area (Å²) < 4.78 is 7.09. The highest BCUT2D eigenvalue weighted by atomic mass is 79.9. The molecule has 0 saturated carbocycles. The highest BCUT2D eigenvalue weighted by Crippen LogP contribution is 2.22. The number of hydrogen-bond donors (Lipinski definition) is 1. The molecule has 1 rings (SSSR count). The molecular weight excluding hydrogens is 266 g/mol. The molecule has 0 aliphatic rings. The van der Waals surface area contributed by atoms with Crippen molar-refractivity contribution in [1.82, 2.24) is 5.32 Å². The molecule has 90 valence electrons. The van der Waals surface area contributed by atoms with E-state index in [4.69, 9.17) is 4.74 Å². The van der Waals surface area contributed by atoms with Gasteiger partial charge in [0.25, 0.3) is 0 Å². The summed E-state index contributed by atoms with van der Waals surface area (Å²) in [5.74, 6) is 0. The molecule has 0 aromatic heterocycles. The van der Waals surface area contributed by atoms with Gasteiger partial charge in [-0.05, 0) is 38.1 Å². The van der Waals surface area contributed by atoms with Crippen LogP contribution in [-0.2, 0) is 4.74 Å². The highest BCUT2D eigenvalue weighted by molar-refractivity contribution is 9.10. The van der Waals surface area contributed by atoms with Crippen LogP contribution in [0.15, 0.2) is 28.7 Å². The van der Waals surface area contributed by atoms with E-state index in [1.54, 1.807) is 0 Å². The van der Waals surface area contributed by atoms with Crippen LogP contribution in [0.3, 0.4) is 0 Å². The van der Waals surface area contributed by atoms with Crippen LogP contribution in [-0.4, -0.2) is 19.7 Å². The Bertz CT molecular complexity index is 317. The SMILES string of the molecule is CCC(C)OC(CNC)c1cccc(Br)c1. The summed E-state index contributed by atoms with van der Waals surface area (Å²) in [6, 6.07) is 8.30. The second-order valence-corrected chi connectivity index (χ2v) is 4.87. The molecule has 2 atom stereocenters. The van der Waals surface area contributed by atoms with Crippen LogP contribution in [0.25, 0.3) is 0 Å². The van der Waals surface area contributed by atoms with Crippen LogP contribution in [0.4, 0.5) is 0 Å². The zero-order valence-corrected chi connectivity index (χ0v) is 11.8. The Labute approximate surface area is 107 Å². The van der Waals surface area contributed by atoms with E-state index in [1.165, 1.54) is 5.56 Å². The quantitative estimate of drug-likeness (QED) is 0.864. The molecule has 0 heterocycles. The number of benzene rings is 1. The van der Waals surface area contributed by atoms with Crippen LogP contribution in [0.2, 0.25) is 0 Å². The molecule has 0 radical (unpaired) electrons. The molecule has 0 spiro atoms. The van der Waals surface area contributed by atoms with Gasteiger partial charge in [0.2, 0.25) is 0 Å². The Hall–Kier alpha value is -0.380. The Morgan fingerprint density at radius 1 is 1.44 bits per heavy atom. The van der Waals surface area contributed by atoms with Gasteiger partial charge in [-0.1, -0.05) is 35.0 Å². The van der Waals surface area contributed by atoms with Crippen molar-refractivity contribution < 1.29 is 4.74 Å². The predicted molar refractivity (Wildman–Crippen MR) is 71.6 cm³/mol. The van der Waals surface area contributed by atoms with Gasteiger partial charge in [-0.25, -0.2) is 0 Å². The van der Waals surface area contributed by atoms with Crippen LogP contribution in [0.1, 0.15) is 31.9 Å². The van der Waals surface area contributed by atoms with Gasteiger partial charge in [0, 0.05) is 11.0 Å². The first-order chi connectivity index (χ1) is 7.67. The van der Waals surface area contributed by atoms with Crippen molar-refractivity contribution in [2.45, 2.75) is 32.5 Å². The number of halogens is 1. The molecule has 0 aliphatic carbocycles. The maximum absolute atomic E-state index is 6.00. The molecule has 0 saturated heterocycles. The van der Waals surface area contributed by atoms with Gasteiger partial charge in [-0.15, -0.1) is 0 Å². The molecule has 0 aliphatic heterocycles. The summed E-state index contributed by atoms with van der Waals surface area (Å²) in [6.07, 6.45) is 1.45. The summed E-state index contributed by atoms with van der Waals surface area (Å²) in [4.78, 5) is 0. The first-order valence-corrected chi connectivity index (χ1v) is 6.52. The molecule has 16 heavy (non-hydrogen) atoms. The molecule has 1 aromatic rings. The molecule has 3 heteroatoms. The van der Waals surface area contributed by atoms with E-state index < -0.39 is 0 Å². The molecule has 2 unspecified atom stereocenters. The van der Waals surface area contributed by atoms with Crippen molar-refractivity contribution >= 4 is 15.9 Å². The van der Waals surface area contributed by atoms with E-state index in [2.05, 4.69) is 47.2 Å². The fourth-order valence-corrected chi connectivity index (χ4v) is 1.93. The van der Waals surface area contributed by atoms with E-state index in [1.807, 2.05) is 19.2 Å². The second kappa shape index (κ2) is 7.05. The Morgan fingerprint density at radius 3 is 2.75 bits per heavy atom. The molecule has 1 N–H and O–H groups in total. The third-order valence-corrected chi connectivity index (χ3v) is 3.07. The lowest BCUT2D eigenvalue weighted by molar-refractivity contribution is -0.00361. The second-order valence-electron chi connectivity index (χ2n) is 3.96. The van der Waals surface area contributed by atoms with Gasteiger partial charge >= 0.3 is 0 Å². The van der Waals surface area contributed by atoms with E-state index in [0.717, 1.165) is 17.4 Å². The summed E-state index contributed by atoms with van der Waals surface area (Å²) in [7, 11) is 1.95. The monoisotopic (exact) mass is 285 g/mol. The molecule has 1 aromatic carbocycles. The zero-order valence-electron chi connectivity index (χ0n) is 10.2. The highest BCUT2D eigenvalue weighted by Gasteiger charge is 2.14. The van der Waals surface area contributed by atoms with Gasteiger partial charge < -0.3 is 10.1 Å². The van der Waals surface area contributed by atoms with Gasteiger partial charge in [0.1, 0.15) is 0 Å². The Balaban J connectivity index is 2.76. The maximum atomic E-state index is 6.00. The number of ether oxygens (including phenoxy) is 1. The van der Waals surface area contributed by atoms with Gasteiger partial charge in [0.05, 0.1) is 12.2 Å². The largest absolute Gasteiger partial charge is 0.369 e. The van der Waals surface area contributed by atoms with Crippen molar-refractivity contribution in [3.63, 3.8) is 0 Å². The lowest BCUT2D eigenvalue weighted by Crippen LogP contribution is -2.23. The normalized spacial score (nSPS) is 14.8. The van der Waals surface area contributed by atoms with E-state index >= 15 is 0 Å². The van der Waals surface area contributed by atoms with Crippen LogP contribution in [0.5, 0.6) is 0 Å². The minimum absolute atomic E-state index is 0.123. The van der Waals surface area contributed by atoms with Gasteiger partial charge in [-0.3, -0.25) is 0 Å². The van der Waals surface area contributed by atoms with E-state index in [0.29, 0.717) is 0 Å². The van der Waals surface area contributed by atoms with Crippen molar-refractivity contribution in [1.29, 1.82) is 0 Å². The van der Waals surface area contributed by atoms with Crippen molar-refractivity contribution in [2.75, 3.05) is 13.6 Å². The first kappa shape index (κ1) is 13.7. The van der Waals surface area contributed by atoms with Crippen LogP contribution >= 0.6 is 15.9 Å². The summed E-state index contributed by atoms with van der Waals surface area (Å²) >= 11 is 3.49. The summed E-state index contributed by atoms with van der Waals surface area (Å²) in [5, 5.41) is 3.17. The van der Waals surface area contributed by atoms with Crippen molar-refractivity contribution in [2.24, 2.45) is 0 Å². The first-order valence-electron chi connectivity index (χ1n) is 5.72. The molecule has 2 nitrogen and oxygen atoms in total. The summed E-state index contributed by atoms with van der Waals surface area (Å²) in [5.41, 5.74) is 1.21. The lowest BCUT2D eigenvalue weighted by atomic mass is 10.1. The number of rotatable bonds is 6. The number of likely N-dealkylation sites (N-methyl/N-ethyl adjacent to an activating group) is 1. The van der Waals surface area contributed by atoms with Crippen LogP contribution in [0, 0.1) is 0 Å². The van der Waals surface area contributed by atoms with Gasteiger partial charge in [0.15, 0.2) is 0 Å². The average Bonchev–Trinajstić information content (AvgIpc) is 2.28. The molecular formula is C13H20BrNO. The fourth-order valence-electron chi connectivity index (χ4n) is 1.51.